The van der Waals surface area contributed by atoms with Gasteiger partial charge in [-0.25, -0.2) is 14.1 Å². The lowest BCUT2D eigenvalue weighted by Crippen LogP contribution is -2.55. The summed E-state index contributed by atoms with van der Waals surface area (Å²) in [7, 11) is 2.21. The van der Waals surface area contributed by atoms with Crippen LogP contribution in [0.25, 0.3) is 28.3 Å². The van der Waals surface area contributed by atoms with Crippen molar-refractivity contribution < 1.29 is 4.39 Å². The van der Waals surface area contributed by atoms with Gasteiger partial charge in [-0.15, -0.1) is 0 Å². The first-order valence-corrected chi connectivity index (χ1v) is 11.5. The fraction of sp³-hybridized carbons (Fsp3) is 0.308. The molecule has 0 unspecified atom stereocenters. The summed E-state index contributed by atoms with van der Waals surface area (Å²) in [6.45, 7) is 5.40. The standard InChI is InChI=1S/C26H25FN6/c1-30-14-26(15-30)8-9-31(16-26)22-6-7-23-20(10-22)13-32-12-19(18-2-4-21(27)5-3-18)11-24(32)25-28-17-29-33(23)25/h2-7,10-12,17H,8-9,13-16H2,1H3. The summed E-state index contributed by atoms with van der Waals surface area (Å²) >= 11 is 0. The van der Waals surface area contributed by atoms with E-state index < -0.39 is 0 Å². The van der Waals surface area contributed by atoms with E-state index in [1.54, 1.807) is 6.33 Å². The number of likely N-dealkylation sites (tertiary alicyclic amines) is 1. The van der Waals surface area contributed by atoms with Gasteiger partial charge in [0.15, 0.2) is 5.82 Å². The zero-order valence-electron chi connectivity index (χ0n) is 18.6. The highest BCUT2D eigenvalue weighted by Gasteiger charge is 2.46. The molecule has 0 bridgehead atoms. The number of hydrogen-bond donors (Lipinski definition) is 0. The summed E-state index contributed by atoms with van der Waals surface area (Å²) in [6, 6.07) is 15.5. The van der Waals surface area contributed by atoms with Crippen molar-refractivity contribution in [3.63, 3.8) is 0 Å². The van der Waals surface area contributed by atoms with Crippen LogP contribution in [0.3, 0.4) is 0 Å². The molecule has 0 aliphatic carbocycles. The molecule has 4 aromatic rings. The molecule has 3 aliphatic heterocycles. The molecule has 2 aromatic carbocycles. The Labute approximate surface area is 191 Å². The van der Waals surface area contributed by atoms with E-state index >= 15 is 0 Å². The minimum Gasteiger partial charge on any atom is -0.371 e. The number of rotatable bonds is 2. The second-order valence-electron chi connectivity index (χ2n) is 9.90. The van der Waals surface area contributed by atoms with Crippen LogP contribution in [-0.4, -0.2) is 57.5 Å². The van der Waals surface area contributed by atoms with Crippen molar-refractivity contribution in [3.05, 3.63) is 72.4 Å². The summed E-state index contributed by atoms with van der Waals surface area (Å²) in [4.78, 5) is 9.54. The van der Waals surface area contributed by atoms with E-state index in [2.05, 4.69) is 62.0 Å². The molecule has 166 valence electrons. The molecule has 7 heteroatoms. The van der Waals surface area contributed by atoms with E-state index in [9.17, 15) is 4.39 Å². The van der Waals surface area contributed by atoms with Crippen molar-refractivity contribution in [2.75, 3.05) is 38.1 Å². The highest BCUT2D eigenvalue weighted by atomic mass is 19.1. The van der Waals surface area contributed by atoms with Gasteiger partial charge in [0.1, 0.15) is 12.1 Å². The van der Waals surface area contributed by atoms with Gasteiger partial charge >= 0.3 is 0 Å². The summed E-state index contributed by atoms with van der Waals surface area (Å²) in [5.41, 5.74) is 7.12. The molecular weight excluding hydrogens is 415 g/mol. The molecule has 0 amide bonds. The molecule has 0 saturated carbocycles. The molecule has 1 spiro atoms. The number of anilines is 1. The van der Waals surface area contributed by atoms with E-state index in [1.807, 2.05) is 16.8 Å². The smallest absolute Gasteiger partial charge is 0.179 e. The Morgan fingerprint density at radius 1 is 0.970 bits per heavy atom. The second-order valence-corrected chi connectivity index (χ2v) is 9.90. The summed E-state index contributed by atoms with van der Waals surface area (Å²) in [6.07, 6.45) is 5.02. The van der Waals surface area contributed by atoms with E-state index in [1.165, 1.54) is 42.9 Å². The third-order valence-electron chi connectivity index (χ3n) is 7.50. The first-order valence-electron chi connectivity index (χ1n) is 11.5. The lowest BCUT2D eigenvalue weighted by molar-refractivity contribution is 0.0424. The third kappa shape index (κ3) is 2.95. The van der Waals surface area contributed by atoms with Crippen LogP contribution in [0.4, 0.5) is 10.1 Å². The summed E-state index contributed by atoms with van der Waals surface area (Å²) in [5.74, 6) is 0.602. The van der Waals surface area contributed by atoms with Gasteiger partial charge in [0, 0.05) is 55.6 Å². The number of aromatic nitrogens is 4. The molecule has 0 N–H and O–H groups in total. The maximum Gasteiger partial charge on any atom is 0.179 e. The van der Waals surface area contributed by atoms with E-state index in [0.29, 0.717) is 5.41 Å². The van der Waals surface area contributed by atoms with Crippen molar-refractivity contribution in [3.8, 4) is 28.3 Å². The summed E-state index contributed by atoms with van der Waals surface area (Å²) < 4.78 is 17.6. The quantitative estimate of drug-likeness (QED) is 0.415. The fourth-order valence-electron chi connectivity index (χ4n) is 6.02. The van der Waals surface area contributed by atoms with Crippen LogP contribution >= 0.6 is 0 Å². The van der Waals surface area contributed by atoms with Gasteiger partial charge in [0.2, 0.25) is 0 Å². The van der Waals surface area contributed by atoms with Crippen molar-refractivity contribution in [2.45, 2.75) is 13.0 Å². The largest absolute Gasteiger partial charge is 0.371 e. The Bertz CT molecular complexity index is 1360. The normalized spacial score (nSPS) is 18.5. The number of benzene rings is 2. The first-order chi connectivity index (χ1) is 16.1. The minimum absolute atomic E-state index is 0.224. The van der Waals surface area contributed by atoms with E-state index in [-0.39, 0.29) is 5.82 Å². The Morgan fingerprint density at radius 3 is 2.64 bits per heavy atom. The molecule has 6 nitrogen and oxygen atoms in total. The molecule has 2 saturated heterocycles. The number of halogens is 1. The third-order valence-corrected chi connectivity index (χ3v) is 7.50. The Kier molecular flexibility index (Phi) is 3.91. The molecule has 2 aromatic heterocycles. The van der Waals surface area contributed by atoms with Crippen LogP contribution in [0.5, 0.6) is 0 Å². The predicted molar refractivity (Wildman–Crippen MR) is 126 cm³/mol. The average molecular weight is 441 g/mol. The molecule has 33 heavy (non-hydrogen) atoms. The predicted octanol–water partition coefficient (Wildman–Crippen LogP) is 4.05. The average Bonchev–Trinajstić information content (AvgIpc) is 3.51. The van der Waals surface area contributed by atoms with Gasteiger partial charge in [-0.1, -0.05) is 12.1 Å². The highest BCUT2D eigenvalue weighted by Crippen LogP contribution is 2.41. The molecular formula is C26H25FN6. The molecule has 7 rings (SSSR count). The zero-order chi connectivity index (χ0) is 22.2. The van der Waals surface area contributed by atoms with Crippen molar-refractivity contribution in [1.29, 1.82) is 0 Å². The van der Waals surface area contributed by atoms with Crippen LogP contribution in [0.15, 0.2) is 61.1 Å². The number of hydrogen-bond acceptors (Lipinski definition) is 4. The van der Waals surface area contributed by atoms with Crippen LogP contribution in [-0.2, 0) is 6.54 Å². The lowest BCUT2D eigenvalue weighted by atomic mass is 9.79. The number of fused-ring (bicyclic) bond motifs is 5. The number of nitrogens with zero attached hydrogens (tertiary/aromatic N) is 6. The van der Waals surface area contributed by atoms with Crippen molar-refractivity contribution in [2.24, 2.45) is 5.41 Å². The maximum absolute atomic E-state index is 13.4. The van der Waals surface area contributed by atoms with E-state index in [0.717, 1.165) is 48.0 Å². The van der Waals surface area contributed by atoms with Gasteiger partial charge in [-0.3, -0.25) is 0 Å². The second kappa shape index (κ2) is 6.78. The summed E-state index contributed by atoms with van der Waals surface area (Å²) in [5, 5.41) is 4.56. The Morgan fingerprint density at radius 2 is 1.82 bits per heavy atom. The maximum atomic E-state index is 13.4. The van der Waals surface area contributed by atoms with E-state index in [4.69, 9.17) is 0 Å². The molecule has 3 aliphatic rings. The van der Waals surface area contributed by atoms with Gasteiger partial charge in [0.25, 0.3) is 0 Å². The van der Waals surface area contributed by atoms with Gasteiger partial charge in [-0.05, 0) is 61.0 Å². The first kappa shape index (κ1) is 19.1. The monoisotopic (exact) mass is 440 g/mol. The fourth-order valence-corrected chi connectivity index (χ4v) is 6.02. The SMILES string of the molecule is CN1CC2(CCN(c3ccc4c(c3)Cn3cc(-c5ccc(F)cc5)cc3-c3ncnn3-4)C2)C1. The minimum atomic E-state index is -0.224. The molecule has 5 heterocycles. The van der Waals surface area contributed by atoms with Crippen LogP contribution in [0.2, 0.25) is 0 Å². The topological polar surface area (TPSA) is 42.1 Å². The Balaban J connectivity index is 1.27. The van der Waals surface area contributed by atoms with Crippen LogP contribution < -0.4 is 4.90 Å². The van der Waals surface area contributed by atoms with Crippen molar-refractivity contribution in [1.82, 2.24) is 24.2 Å². The highest BCUT2D eigenvalue weighted by molar-refractivity contribution is 5.72. The molecule has 0 atom stereocenters. The van der Waals surface area contributed by atoms with Crippen molar-refractivity contribution >= 4 is 5.69 Å². The molecule has 2 fully saturated rings. The van der Waals surface area contributed by atoms with Gasteiger partial charge in [-0.2, -0.15) is 5.10 Å². The van der Waals surface area contributed by atoms with Crippen LogP contribution in [0, 0.1) is 11.2 Å². The lowest BCUT2D eigenvalue weighted by Gasteiger charge is -2.46. The van der Waals surface area contributed by atoms with Gasteiger partial charge < -0.3 is 14.4 Å². The molecule has 0 radical (unpaired) electrons. The Hall–Kier alpha value is -3.45. The van der Waals surface area contributed by atoms with Gasteiger partial charge in [0.05, 0.1) is 11.4 Å². The van der Waals surface area contributed by atoms with Crippen LogP contribution in [0.1, 0.15) is 12.0 Å². The zero-order valence-corrected chi connectivity index (χ0v) is 18.6.